The molecule has 0 saturated carbocycles. The third-order valence-corrected chi connectivity index (χ3v) is 6.32. The molecule has 1 aromatic heterocycles. The molecule has 146 valence electrons. The summed E-state index contributed by atoms with van der Waals surface area (Å²) in [4.78, 5) is 14.1. The number of sulfonamides is 1. The van der Waals surface area contributed by atoms with Crippen LogP contribution >= 0.6 is 0 Å². The third kappa shape index (κ3) is 5.62. The molecule has 1 aliphatic heterocycles. The van der Waals surface area contributed by atoms with E-state index in [2.05, 4.69) is 15.4 Å². The van der Waals surface area contributed by atoms with Crippen LogP contribution in [-0.4, -0.2) is 61.4 Å². The van der Waals surface area contributed by atoms with Crippen molar-refractivity contribution >= 4 is 21.7 Å². The zero-order valence-corrected chi connectivity index (χ0v) is 16.1. The van der Waals surface area contributed by atoms with Crippen molar-refractivity contribution in [2.45, 2.75) is 19.1 Å². The Kier molecular flexibility index (Phi) is 6.25. The van der Waals surface area contributed by atoms with Crippen LogP contribution in [0.5, 0.6) is 0 Å². The lowest BCUT2D eigenvalue weighted by Crippen LogP contribution is -2.49. The van der Waals surface area contributed by atoms with Crippen molar-refractivity contribution in [1.29, 1.82) is 0 Å². The van der Waals surface area contributed by atoms with Gasteiger partial charge in [-0.15, -0.1) is 0 Å². The highest BCUT2D eigenvalue weighted by Gasteiger charge is 2.27. The van der Waals surface area contributed by atoms with E-state index in [1.807, 2.05) is 30.3 Å². The van der Waals surface area contributed by atoms with Crippen LogP contribution in [0.15, 0.2) is 40.9 Å². The standard InChI is InChI=1S/C18H24N4O4S/c1-15-13-17(20-26-15)19-18(23)7-8-21-9-11-22(12-10-21)27(24,25)14-16-5-3-2-4-6-16/h2-6,13H,7-12,14H2,1H3,(H,19,20,23). The highest BCUT2D eigenvalue weighted by Crippen LogP contribution is 2.14. The lowest BCUT2D eigenvalue weighted by atomic mass is 10.2. The SMILES string of the molecule is Cc1cc(NC(=O)CCN2CCN(S(=O)(=O)Cc3ccccc3)CC2)no1. The van der Waals surface area contributed by atoms with E-state index in [0.29, 0.717) is 50.7 Å². The molecule has 2 aromatic rings. The van der Waals surface area contributed by atoms with Crippen LogP contribution in [0.3, 0.4) is 0 Å². The van der Waals surface area contributed by atoms with Gasteiger partial charge in [-0.05, 0) is 12.5 Å². The average Bonchev–Trinajstić information content (AvgIpc) is 3.05. The average molecular weight is 392 g/mol. The number of aryl methyl sites for hydroxylation is 1. The van der Waals surface area contributed by atoms with Gasteiger partial charge in [0.1, 0.15) is 5.76 Å². The summed E-state index contributed by atoms with van der Waals surface area (Å²) < 4.78 is 31.6. The molecule has 0 aliphatic carbocycles. The Morgan fingerprint density at radius 2 is 1.89 bits per heavy atom. The van der Waals surface area contributed by atoms with E-state index in [-0.39, 0.29) is 11.7 Å². The van der Waals surface area contributed by atoms with E-state index in [1.54, 1.807) is 13.0 Å². The maximum Gasteiger partial charge on any atom is 0.226 e. The number of carbonyl (C=O) groups excluding carboxylic acids is 1. The van der Waals surface area contributed by atoms with Gasteiger partial charge in [-0.1, -0.05) is 35.5 Å². The molecule has 1 fully saturated rings. The topological polar surface area (TPSA) is 95.8 Å². The quantitative estimate of drug-likeness (QED) is 0.766. The number of benzene rings is 1. The molecule has 0 atom stereocenters. The van der Waals surface area contributed by atoms with Crippen molar-refractivity contribution < 1.29 is 17.7 Å². The molecule has 1 amide bonds. The molecule has 27 heavy (non-hydrogen) atoms. The van der Waals surface area contributed by atoms with Gasteiger partial charge in [0.05, 0.1) is 5.75 Å². The fourth-order valence-corrected chi connectivity index (χ4v) is 4.51. The monoisotopic (exact) mass is 392 g/mol. The maximum absolute atomic E-state index is 12.6. The van der Waals surface area contributed by atoms with Crippen molar-refractivity contribution in [1.82, 2.24) is 14.4 Å². The van der Waals surface area contributed by atoms with Crippen molar-refractivity contribution in [3.63, 3.8) is 0 Å². The van der Waals surface area contributed by atoms with Crippen LogP contribution in [0.25, 0.3) is 0 Å². The Labute approximate surface area is 159 Å². The minimum absolute atomic E-state index is 0.0212. The first kappa shape index (κ1) is 19.5. The number of carbonyl (C=O) groups is 1. The molecule has 0 radical (unpaired) electrons. The molecule has 1 saturated heterocycles. The number of nitrogens with one attached hydrogen (secondary N) is 1. The van der Waals surface area contributed by atoms with Crippen molar-refractivity contribution in [2.75, 3.05) is 38.0 Å². The molecule has 8 nitrogen and oxygen atoms in total. The van der Waals surface area contributed by atoms with Crippen LogP contribution in [0, 0.1) is 6.92 Å². The Balaban J connectivity index is 1.42. The van der Waals surface area contributed by atoms with Gasteiger partial charge in [-0.2, -0.15) is 4.31 Å². The molecule has 1 aliphatic rings. The number of anilines is 1. The molecule has 0 bridgehead atoms. The summed E-state index contributed by atoms with van der Waals surface area (Å²) in [5.74, 6) is 0.933. The van der Waals surface area contributed by atoms with Crippen molar-refractivity contribution in [3.8, 4) is 0 Å². The van der Waals surface area contributed by atoms with Gasteiger partial charge in [0.2, 0.25) is 15.9 Å². The van der Waals surface area contributed by atoms with Crippen LogP contribution < -0.4 is 5.32 Å². The minimum Gasteiger partial charge on any atom is -0.360 e. The smallest absolute Gasteiger partial charge is 0.226 e. The Morgan fingerprint density at radius 3 is 2.52 bits per heavy atom. The number of amides is 1. The van der Waals surface area contributed by atoms with E-state index < -0.39 is 10.0 Å². The van der Waals surface area contributed by atoms with Crippen molar-refractivity contribution in [2.24, 2.45) is 0 Å². The van der Waals surface area contributed by atoms with E-state index >= 15 is 0 Å². The summed E-state index contributed by atoms with van der Waals surface area (Å²) in [6.45, 7) is 4.45. The molecule has 1 aromatic carbocycles. The van der Waals surface area contributed by atoms with Crippen LogP contribution in [0.2, 0.25) is 0 Å². The number of hydrogen-bond donors (Lipinski definition) is 1. The van der Waals surface area contributed by atoms with Gasteiger partial charge in [0.15, 0.2) is 5.82 Å². The predicted octanol–water partition coefficient (Wildman–Crippen LogP) is 1.46. The Morgan fingerprint density at radius 1 is 1.19 bits per heavy atom. The van der Waals surface area contributed by atoms with Crippen LogP contribution in [-0.2, 0) is 20.6 Å². The van der Waals surface area contributed by atoms with E-state index in [1.165, 1.54) is 4.31 Å². The van der Waals surface area contributed by atoms with Gasteiger partial charge in [0.25, 0.3) is 0 Å². The molecular formula is C18H24N4O4S. The summed E-state index contributed by atoms with van der Waals surface area (Å²) in [5, 5.41) is 6.41. The van der Waals surface area contributed by atoms with Gasteiger partial charge < -0.3 is 14.7 Å². The van der Waals surface area contributed by atoms with Gasteiger partial charge >= 0.3 is 0 Å². The second kappa shape index (κ2) is 8.64. The minimum atomic E-state index is -3.32. The zero-order valence-electron chi connectivity index (χ0n) is 15.3. The highest BCUT2D eigenvalue weighted by molar-refractivity contribution is 7.88. The fourth-order valence-electron chi connectivity index (χ4n) is 3.00. The van der Waals surface area contributed by atoms with Gasteiger partial charge in [0, 0.05) is 45.2 Å². The molecule has 3 rings (SSSR count). The first-order chi connectivity index (χ1) is 12.9. The van der Waals surface area contributed by atoms with Crippen LogP contribution in [0.4, 0.5) is 5.82 Å². The van der Waals surface area contributed by atoms with Crippen molar-refractivity contribution in [3.05, 3.63) is 47.7 Å². The lowest BCUT2D eigenvalue weighted by molar-refractivity contribution is -0.116. The van der Waals surface area contributed by atoms with E-state index in [0.717, 1.165) is 5.56 Å². The number of nitrogens with zero attached hydrogens (tertiary/aromatic N) is 3. The Bertz CT molecular complexity index is 858. The second-order valence-corrected chi connectivity index (χ2v) is 8.57. The first-order valence-electron chi connectivity index (χ1n) is 8.90. The normalized spacial score (nSPS) is 16.3. The first-order valence-corrected chi connectivity index (χ1v) is 10.5. The van der Waals surface area contributed by atoms with E-state index in [4.69, 9.17) is 4.52 Å². The summed E-state index contributed by atoms with van der Waals surface area (Å²) >= 11 is 0. The highest BCUT2D eigenvalue weighted by atomic mass is 32.2. The zero-order chi connectivity index (χ0) is 19.3. The predicted molar refractivity (Wildman–Crippen MR) is 102 cm³/mol. The Hall–Kier alpha value is -2.23. The number of hydrogen-bond acceptors (Lipinski definition) is 6. The summed E-state index contributed by atoms with van der Waals surface area (Å²) in [6, 6.07) is 10.9. The second-order valence-electron chi connectivity index (χ2n) is 6.60. The summed E-state index contributed by atoms with van der Waals surface area (Å²) in [7, 11) is -3.32. The van der Waals surface area contributed by atoms with Crippen LogP contribution in [0.1, 0.15) is 17.7 Å². The number of aromatic nitrogens is 1. The lowest BCUT2D eigenvalue weighted by Gasteiger charge is -2.33. The largest absolute Gasteiger partial charge is 0.360 e. The maximum atomic E-state index is 12.6. The molecule has 0 spiro atoms. The number of rotatable bonds is 7. The third-order valence-electron chi connectivity index (χ3n) is 4.47. The summed E-state index contributed by atoms with van der Waals surface area (Å²) in [6.07, 6.45) is 0.322. The molecule has 9 heteroatoms. The molecule has 1 N–H and O–H groups in total. The van der Waals surface area contributed by atoms with Gasteiger partial charge in [-0.3, -0.25) is 4.79 Å². The van der Waals surface area contributed by atoms with E-state index in [9.17, 15) is 13.2 Å². The molecule has 2 heterocycles. The van der Waals surface area contributed by atoms with Gasteiger partial charge in [-0.25, -0.2) is 8.42 Å². The fraction of sp³-hybridized carbons (Fsp3) is 0.444. The molecular weight excluding hydrogens is 368 g/mol. The summed E-state index contributed by atoms with van der Waals surface area (Å²) in [5.41, 5.74) is 0.791. The molecule has 0 unspecified atom stereocenters. The number of piperazine rings is 1.